The van der Waals surface area contributed by atoms with Crippen LogP contribution < -0.4 is 16.0 Å². The molecule has 1 amide bonds. The molecule has 5 heteroatoms. The highest BCUT2D eigenvalue weighted by Gasteiger charge is 2.24. The van der Waals surface area contributed by atoms with Crippen LogP contribution in [0.5, 0.6) is 0 Å². The first-order valence-electron chi connectivity index (χ1n) is 7.63. The van der Waals surface area contributed by atoms with Crippen LogP contribution in [-0.2, 0) is 0 Å². The maximum atomic E-state index is 11.9. The molecule has 3 N–H and O–H groups in total. The van der Waals surface area contributed by atoms with Crippen molar-refractivity contribution in [1.82, 2.24) is 10.2 Å². The van der Waals surface area contributed by atoms with Crippen LogP contribution in [0.25, 0.3) is 0 Å². The molecule has 0 aliphatic carbocycles. The van der Waals surface area contributed by atoms with Gasteiger partial charge in [0, 0.05) is 31.7 Å². The van der Waals surface area contributed by atoms with Crippen molar-refractivity contribution in [2.24, 2.45) is 0 Å². The second-order valence-corrected chi connectivity index (χ2v) is 5.72. The number of hydrogen-bond acceptors (Lipinski definition) is 4. The monoisotopic (exact) mass is 290 g/mol. The summed E-state index contributed by atoms with van der Waals surface area (Å²) in [6.07, 6.45) is 2.17. The van der Waals surface area contributed by atoms with Gasteiger partial charge in [-0.05, 0) is 44.6 Å². The fraction of sp³-hybridized carbons (Fsp3) is 0.562. The van der Waals surface area contributed by atoms with E-state index in [2.05, 4.69) is 29.1 Å². The molecule has 1 saturated heterocycles. The Kier molecular flexibility index (Phi) is 5.07. The maximum Gasteiger partial charge on any atom is 0.251 e. The maximum absolute atomic E-state index is 11.9. The summed E-state index contributed by atoms with van der Waals surface area (Å²) in [5, 5.41) is 2.67. The summed E-state index contributed by atoms with van der Waals surface area (Å²) in [6, 6.07) is 5.96. The predicted octanol–water partition coefficient (Wildman–Crippen LogP) is 1.55. The lowest BCUT2D eigenvalue weighted by atomic mass is 10.1. The van der Waals surface area contributed by atoms with Gasteiger partial charge >= 0.3 is 0 Å². The average Bonchev–Trinajstić information content (AvgIpc) is 2.68. The number of nitrogen functional groups attached to an aromatic ring is 1. The molecule has 2 rings (SSSR count). The van der Waals surface area contributed by atoms with Crippen molar-refractivity contribution < 1.29 is 4.79 Å². The van der Waals surface area contributed by atoms with Crippen molar-refractivity contribution >= 4 is 17.3 Å². The summed E-state index contributed by atoms with van der Waals surface area (Å²) in [4.78, 5) is 16.6. The molecular formula is C16H26N4O. The molecule has 0 saturated carbocycles. The summed E-state index contributed by atoms with van der Waals surface area (Å²) >= 11 is 0. The third kappa shape index (κ3) is 3.47. The largest absolute Gasteiger partial charge is 0.397 e. The molecule has 1 aromatic carbocycles. The Morgan fingerprint density at radius 2 is 2.19 bits per heavy atom. The Bertz CT molecular complexity index is 503. The lowest BCUT2D eigenvalue weighted by Gasteiger charge is -2.33. The molecule has 1 aliphatic heterocycles. The van der Waals surface area contributed by atoms with Gasteiger partial charge < -0.3 is 20.9 Å². The van der Waals surface area contributed by atoms with Gasteiger partial charge in [0.25, 0.3) is 5.91 Å². The zero-order valence-electron chi connectivity index (χ0n) is 13.2. The molecule has 5 nitrogen and oxygen atoms in total. The quantitative estimate of drug-likeness (QED) is 0.829. The third-order valence-electron chi connectivity index (χ3n) is 4.20. The number of benzene rings is 1. The molecule has 0 bridgehead atoms. The SMILES string of the molecule is CCC1CN(C)CCCN1c1cc(C(=O)NC)ccc1N. The number of rotatable bonds is 3. The van der Waals surface area contributed by atoms with Gasteiger partial charge in [-0.25, -0.2) is 0 Å². The van der Waals surface area contributed by atoms with Gasteiger partial charge in [-0.15, -0.1) is 0 Å². The molecular weight excluding hydrogens is 264 g/mol. The van der Waals surface area contributed by atoms with Crippen LogP contribution in [0, 0.1) is 0 Å². The first-order chi connectivity index (χ1) is 10.1. The third-order valence-corrected chi connectivity index (χ3v) is 4.20. The van der Waals surface area contributed by atoms with Crippen LogP contribution in [0.15, 0.2) is 18.2 Å². The van der Waals surface area contributed by atoms with Gasteiger partial charge in [0.2, 0.25) is 0 Å². The van der Waals surface area contributed by atoms with E-state index in [4.69, 9.17) is 5.73 Å². The van der Waals surface area contributed by atoms with Gasteiger partial charge in [-0.3, -0.25) is 4.79 Å². The van der Waals surface area contributed by atoms with Crippen molar-refractivity contribution in [3.8, 4) is 0 Å². The van der Waals surface area contributed by atoms with E-state index < -0.39 is 0 Å². The van der Waals surface area contributed by atoms with Gasteiger partial charge in [0.15, 0.2) is 0 Å². The molecule has 21 heavy (non-hydrogen) atoms. The second kappa shape index (κ2) is 6.80. The number of anilines is 2. The number of carbonyl (C=O) groups excluding carboxylic acids is 1. The van der Waals surface area contributed by atoms with Crippen molar-refractivity contribution in [2.75, 3.05) is 44.4 Å². The van der Waals surface area contributed by atoms with Gasteiger partial charge in [0.05, 0.1) is 11.4 Å². The molecule has 0 spiro atoms. The van der Waals surface area contributed by atoms with E-state index in [1.807, 2.05) is 12.1 Å². The molecule has 0 radical (unpaired) electrons. The van der Waals surface area contributed by atoms with Crippen molar-refractivity contribution in [1.29, 1.82) is 0 Å². The summed E-state index contributed by atoms with van der Waals surface area (Å²) in [7, 11) is 3.81. The van der Waals surface area contributed by atoms with Crippen LogP contribution >= 0.6 is 0 Å². The van der Waals surface area contributed by atoms with E-state index in [0.717, 1.165) is 43.9 Å². The fourth-order valence-corrected chi connectivity index (χ4v) is 2.99. The average molecular weight is 290 g/mol. The van der Waals surface area contributed by atoms with Crippen molar-refractivity contribution in [3.63, 3.8) is 0 Å². The number of likely N-dealkylation sites (N-methyl/N-ethyl adjacent to an activating group) is 1. The number of nitrogens with one attached hydrogen (secondary N) is 1. The van der Waals surface area contributed by atoms with E-state index in [-0.39, 0.29) is 5.91 Å². The first kappa shape index (κ1) is 15.6. The summed E-state index contributed by atoms with van der Waals surface area (Å²) in [5.74, 6) is -0.0729. The van der Waals surface area contributed by atoms with Crippen molar-refractivity contribution in [2.45, 2.75) is 25.8 Å². The highest BCUT2D eigenvalue weighted by atomic mass is 16.1. The van der Waals surface area contributed by atoms with Gasteiger partial charge in [-0.1, -0.05) is 6.92 Å². The van der Waals surface area contributed by atoms with Gasteiger partial charge in [0.1, 0.15) is 0 Å². The zero-order valence-corrected chi connectivity index (χ0v) is 13.2. The number of hydrogen-bond donors (Lipinski definition) is 2. The molecule has 116 valence electrons. The topological polar surface area (TPSA) is 61.6 Å². The highest BCUT2D eigenvalue weighted by molar-refractivity contribution is 5.96. The molecule has 1 heterocycles. The minimum absolute atomic E-state index is 0.0729. The number of amides is 1. The number of nitrogens with zero attached hydrogens (tertiary/aromatic N) is 2. The minimum atomic E-state index is -0.0729. The molecule has 1 fully saturated rings. The Labute approximate surface area is 127 Å². The van der Waals surface area contributed by atoms with E-state index >= 15 is 0 Å². The smallest absolute Gasteiger partial charge is 0.251 e. The number of nitrogens with two attached hydrogens (primary N) is 1. The number of carbonyl (C=O) groups is 1. The fourth-order valence-electron chi connectivity index (χ4n) is 2.99. The Morgan fingerprint density at radius 3 is 2.86 bits per heavy atom. The molecule has 0 aromatic heterocycles. The van der Waals surface area contributed by atoms with E-state index in [1.54, 1.807) is 13.1 Å². The van der Waals surface area contributed by atoms with Crippen LogP contribution in [0.1, 0.15) is 30.1 Å². The molecule has 1 aromatic rings. The van der Waals surface area contributed by atoms with Crippen LogP contribution in [0.4, 0.5) is 11.4 Å². The van der Waals surface area contributed by atoms with Crippen LogP contribution in [0.3, 0.4) is 0 Å². The molecule has 1 unspecified atom stereocenters. The van der Waals surface area contributed by atoms with E-state index in [0.29, 0.717) is 11.6 Å². The Balaban J connectivity index is 2.35. The standard InChI is InChI=1S/C16H26N4O/c1-4-13-11-19(3)8-5-9-20(13)15-10-12(16(21)18-2)6-7-14(15)17/h6-7,10,13H,4-5,8-9,11,17H2,1-3H3,(H,18,21). The lowest BCUT2D eigenvalue weighted by molar-refractivity contribution is 0.0963. The van der Waals surface area contributed by atoms with Gasteiger partial charge in [-0.2, -0.15) is 0 Å². The summed E-state index contributed by atoms with van der Waals surface area (Å²) in [6.45, 7) is 5.31. The zero-order chi connectivity index (χ0) is 15.4. The van der Waals surface area contributed by atoms with Crippen LogP contribution in [0.2, 0.25) is 0 Å². The van der Waals surface area contributed by atoms with E-state index in [9.17, 15) is 4.79 Å². The van der Waals surface area contributed by atoms with Crippen molar-refractivity contribution in [3.05, 3.63) is 23.8 Å². The minimum Gasteiger partial charge on any atom is -0.397 e. The second-order valence-electron chi connectivity index (χ2n) is 5.72. The first-order valence-corrected chi connectivity index (χ1v) is 7.63. The predicted molar refractivity (Wildman–Crippen MR) is 87.8 cm³/mol. The molecule has 1 aliphatic rings. The Morgan fingerprint density at radius 1 is 1.43 bits per heavy atom. The summed E-state index contributed by atoms with van der Waals surface area (Å²) < 4.78 is 0. The molecule has 1 atom stereocenters. The van der Waals surface area contributed by atoms with E-state index in [1.165, 1.54) is 0 Å². The lowest BCUT2D eigenvalue weighted by Crippen LogP contribution is -2.40. The van der Waals surface area contributed by atoms with Crippen LogP contribution in [-0.4, -0.2) is 50.6 Å². The highest BCUT2D eigenvalue weighted by Crippen LogP contribution is 2.29. The summed E-state index contributed by atoms with van der Waals surface area (Å²) in [5.41, 5.74) is 8.56. The Hall–Kier alpha value is -1.75. The normalized spacial score (nSPS) is 20.1.